The van der Waals surface area contributed by atoms with Gasteiger partial charge in [0, 0.05) is 24.6 Å². The number of nitrogens with zero attached hydrogens (tertiary/aromatic N) is 1. The number of hydrogen-bond donors (Lipinski definition) is 1. The molecule has 22 heavy (non-hydrogen) atoms. The summed E-state index contributed by atoms with van der Waals surface area (Å²) in [4.78, 5) is 14.0. The normalized spacial score (nSPS) is 10.4. The Morgan fingerprint density at radius 1 is 1.23 bits per heavy atom. The predicted octanol–water partition coefficient (Wildman–Crippen LogP) is 2.47. The maximum atomic E-state index is 12.3. The van der Waals surface area contributed by atoms with Gasteiger partial charge in [-0.15, -0.1) is 0 Å². The number of carbonyl (C=O) groups excluding carboxylic acids is 1. The highest BCUT2D eigenvalue weighted by Crippen LogP contribution is 2.34. The van der Waals surface area contributed by atoms with Gasteiger partial charge in [0.25, 0.3) is 0 Å². The van der Waals surface area contributed by atoms with E-state index in [0.29, 0.717) is 37.7 Å². The average Bonchev–Trinajstić information content (AvgIpc) is 2.49. The van der Waals surface area contributed by atoms with Gasteiger partial charge in [-0.2, -0.15) is 0 Å². The summed E-state index contributed by atoms with van der Waals surface area (Å²) < 4.78 is 12.0. The van der Waals surface area contributed by atoms with Crippen LogP contribution in [0.15, 0.2) is 16.6 Å². The molecule has 0 aliphatic heterocycles. The summed E-state index contributed by atoms with van der Waals surface area (Å²) in [6.45, 7) is 6.43. The number of nitrogens with one attached hydrogen (secondary N) is 1. The Kier molecular flexibility index (Phi) is 8.27. The first-order valence-corrected chi connectivity index (χ1v) is 8.29. The Balaban J connectivity index is 2.89. The fourth-order valence-electron chi connectivity index (χ4n) is 1.95. The Bertz CT molecular complexity index is 495. The first kappa shape index (κ1) is 18.8. The number of ether oxygens (including phenoxy) is 2. The maximum absolute atomic E-state index is 12.3. The number of likely N-dealkylation sites (N-methyl/N-ethyl adjacent to an activating group) is 2. The van der Waals surface area contributed by atoms with E-state index in [9.17, 15) is 4.79 Å². The quantitative estimate of drug-likeness (QED) is 0.723. The molecule has 0 atom stereocenters. The van der Waals surface area contributed by atoms with Crippen molar-refractivity contribution in [1.82, 2.24) is 10.2 Å². The molecule has 0 aliphatic carbocycles. The molecule has 6 heteroatoms. The van der Waals surface area contributed by atoms with E-state index in [0.717, 1.165) is 16.6 Å². The molecular weight excluding hydrogens is 348 g/mol. The van der Waals surface area contributed by atoms with E-state index in [4.69, 9.17) is 9.47 Å². The van der Waals surface area contributed by atoms with Crippen LogP contribution in [0.3, 0.4) is 0 Å². The topological polar surface area (TPSA) is 50.8 Å². The molecule has 0 spiro atoms. The Hall–Kier alpha value is -1.27. The summed E-state index contributed by atoms with van der Waals surface area (Å²) in [7, 11) is 3.68. The monoisotopic (exact) mass is 372 g/mol. The van der Waals surface area contributed by atoms with Gasteiger partial charge in [0.1, 0.15) is 0 Å². The third-order valence-corrected chi connectivity index (χ3v) is 3.92. The van der Waals surface area contributed by atoms with Crippen molar-refractivity contribution in [1.29, 1.82) is 0 Å². The van der Waals surface area contributed by atoms with Gasteiger partial charge in [-0.25, -0.2) is 0 Å². The fraction of sp³-hybridized carbons (Fsp3) is 0.562. The first-order valence-electron chi connectivity index (χ1n) is 7.50. The lowest BCUT2D eigenvalue weighted by Crippen LogP contribution is -2.33. The van der Waals surface area contributed by atoms with Gasteiger partial charge in [-0.3, -0.25) is 4.79 Å². The molecule has 5 nitrogen and oxygen atoms in total. The molecule has 0 saturated carbocycles. The van der Waals surface area contributed by atoms with E-state index in [1.807, 2.05) is 40.1 Å². The molecule has 0 saturated heterocycles. The van der Waals surface area contributed by atoms with E-state index in [-0.39, 0.29) is 5.91 Å². The molecule has 0 heterocycles. The van der Waals surface area contributed by atoms with Crippen LogP contribution in [0.5, 0.6) is 11.5 Å². The molecule has 0 bridgehead atoms. The Morgan fingerprint density at radius 3 is 2.36 bits per heavy atom. The van der Waals surface area contributed by atoms with Gasteiger partial charge < -0.3 is 19.7 Å². The van der Waals surface area contributed by atoms with Gasteiger partial charge in [-0.05, 0) is 38.6 Å². The van der Waals surface area contributed by atoms with Crippen molar-refractivity contribution in [3.8, 4) is 11.5 Å². The molecule has 0 radical (unpaired) electrons. The smallest absolute Gasteiger partial charge is 0.226 e. The molecule has 0 aliphatic rings. The van der Waals surface area contributed by atoms with E-state index in [2.05, 4.69) is 21.2 Å². The lowest BCUT2D eigenvalue weighted by molar-refractivity contribution is -0.129. The zero-order valence-corrected chi connectivity index (χ0v) is 15.3. The molecule has 0 unspecified atom stereocenters. The average molecular weight is 373 g/mol. The zero-order valence-electron chi connectivity index (χ0n) is 13.7. The minimum absolute atomic E-state index is 0.0718. The Labute approximate surface area is 141 Å². The number of benzene rings is 1. The van der Waals surface area contributed by atoms with Crippen LogP contribution in [0.2, 0.25) is 0 Å². The lowest BCUT2D eigenvalue weighted by atomic mass is 10.1. The second kappa shape index (κ2) is 9.69. The highest BCUT2D eigenvalue weighted by Gasteiger charge is 2.15. The number of halogens is 1. The number of amides is 1. The molecule has 1 aromatic carbocycles. The van der Waals surface area contributed by atoms with Crippen LogP contribution >= 0.6 is 15.9 Å². The van der Waals surface area contributed by atoms with Crippen molar-refractivity contribution in [2.45, 2.75) is 20.3 Å². The zero-order chi connectivity index (χ0) is 16.5. The van der Waals surface area contributed by atoms with Crippen molar-refractivity contribution < 1.29 is 14.3 Å². The molecule has 1 amide bonds. The van der Waals surface area contributed by atoms with Crippen LogP contribution in [-0.4, -0.2) is 51.2 Å². The summed E-state index contributed by atoms with van der Waals surface area (Å²) in [6.07, 6.45) is 0.327. The Morgan fingerprint density at radius 2 is 1.82 bits per heavy atom. The van der Waals surface area contributed by atoms with E-state index in [1.54, 1.807) is 4.90 Å². The van der Waals surface area contributed by atoms with Crippen LogP contribution in [0, 0.1) is 0 Å². The molecule has 1 N–H and O–H groups in total. The maximum Gasteiger partial charge on any atom is 0.226 e. The third-order valence-electron chi connectivity index (χ3n) is 3.18. The summed E-state index contributed by atoms with van der Waals surface area (Å²) in [5.74, 6) is 1.44. The van der Waals surface area contributed by atoms with Gasteiger partial charge in [0.05, 0.1) is 19.6 Å². The van der Waals surface area contributed by atoms with E-state index >= 15 is 0 Å². The molecule has 1 rings (SSSR count). The van der Waals surface area contributed by atoms with Crippen LogP contribution < -0.4 is 14.8 Å². The highest BCUT2D eigenvalue weighted by molar-refractivity contribution is 9.10. The third kappa shape index (κ3) is 5.50. The van der Waals surface area contributed by atoms with Crippen LogP contribution in [-0.2, 0) is 11.2 Å². The molecule has 0 fully saturated rings. The number of hydrogen-bond acceptors (Lipinski definition) is 4. The molecule has 0 aromatic heterocycles. The minimum atomic E-state index is 0.0718. The highest BCUT2D eigenvalue weighted by atomic mass is 79.9. The van der Waals surface area contributed by atoms with Crippen molar-refractivity contribution in [2.24, 2.45) is 0 Å². The SMILES string of the molecule is CCOc1cc(Br)c(CC(=O)N(C)CCNC)cc1OCC. The summed E-state index contributed by atoms with van der Waals surface area (Å²) in [5, 5.41) is 3.04. The number of carbonyl (C=O) groups is 1. The second-order valence-electron chi connectivity index (χ2n) is 4.85. The fourth-order valence-corrected chi connectivity index (χ4v) is 2.41. The van der Waals surface area contributed by atoms with Crippen molar-refractivity contribution in [3.05, 3.63) is 22.2 Å². The predicted molar refractivity (Wildman–Crippen MR) is 91.7 cm³/mol. The van der Waals surface area contributed by atoms with Gasteiger partial charge in [0.2, 0.25) is 5.91 Å². The summed E-state index contributed by atoms with van der Waals surface area (Å²) >= 11 is 3.51. The van der Waals surface area contributed by atoms with Gasteiger partial charge in [-0.1, -0.05) is 15.9 Å². The van der Waals surface area contributed by atoms with Gasteiger partial charge >= 0.3 is 0 Å². The van der Waals surface area contributed by atoms with Crippen LogP contribution in [0.1, 0.15) is 19.4 Å². The minimum Gasteiger partial charge on any atom is -0.490 e. The van der Waals surface area contributed by atoms with Gasteiger partial charge in [0.15, 0.2) is 11.5 Å². The van der Waals surface area contributed by atoms with Crippen molar-refractivity contribution in [3.63, 3.8) is 0 Å². The molecule has 1 aromatic rings. The van der Waals surface area contributed by atoms with E-state index < -0.39 is 0 Å². The van der Waals surface area contributed by atoms with E-state index in [1.165, 1.54) is 0 Å². The lowest BCUT2D eigenvalue weighted by Gasteiger charge is -2.18. The van der Waals surface area contributed by atoms with Crippen molar-refractivity contribution >= 4 is 21.8 Å². The van der Waals surface area contributed by atoms with Crippen molar-refractivity contribution in [2.75, 3.05) is 40.4 Å². The van der Waals surface area contributed by atoms with Crippen LogP contribution in [0.4, 0.5) is 0 Å². The molecular formula is C16H25BrN2O3. The van der Waals surface area contributed by atoms with Crippen LogP contribution in [0.25, 0.3) is 0 Å². The standard InChI is InChI=1S/C16H25BrN2O3/c1-5-21-14-9-12(13(17)11-15(14)22-6-2)10-16(20)19(4)8-7-18-3/h9,11,18H,5-8,10H2,1-4H3. The number of rotatable bonds is 9. The summed E-state index contributed by atoms with van der Waals surface area (Å²) in [5.41, 5.74) is 0.896. The largest absolute Gasteiger partial charge is 0.490 e. The molecule has 124 valence electrons. The summed E-state index contributed by atoms with van der Waals surface area (Å²) in [6, 6.07) is 3.74. The second-order valence-corrected chi connectivity index (χ2v) is 5.71. The first-order chi connectivity index (χ1) is 10.5.